The average Bonchev–Trinajstić information content (AvgIpc) is 2.92. The molecule has 0 aliphatic rings. The van der Waals surface area contributed by atoms with Gasteiger partial charge in [-0.3, -0.25) is 19.6 Å². The third-order valence-electron chi connectivity index (χ3n) is 2.80. The second kappa shape index (κ2) is 6.75. The van der Waals surface area contributed by atoms with E-state index in [4.69, 9.17) is 11.6 Å². The first-order valence-corrected chi connectivity index (χ1v) is 8.61. The predicted molar refractivity (Wildman–Crippen MR) is 91.6 cm³/mol. The van der Waals surface area contributed by atoms with E-state index in [1.165, 1.54) is 12.1 Å². The standard InChI is InChI=1S/C13H8ClFN4O3S2/c14-6-3-5(1-2-7(6)15)16-8(20)4-23-13-18-10-9(24-13)11(21)19-12(22)17-10/h1-3H,4H2,(H,16,20)(H2,17,19,21,22). The predicted octanol–water partition coefficient (Wildman–Crippen LogP) is 2.20. The summed E-state index contributed by atoms with van der Waals surface area (Å²) in [6.45, 7) is 0. The number of aromatic nitrogens is 3. The van der Waals surface area contributed by atoms with Gasteiger partial charge in [-0.05, 0) is 18.2 Å². The highest BCUT2D eigenvalue weighted by Gasteiger charge is 2.11. The summed E-state index contributed by atoms with van der Waals surface area (Å²) in [5.41, 5.74) is -0.608. The Labute approximate surface area is 146 Å². The van der Waals surface area contributed by atoms with E-state index in [1.807, 2.05) is 0 Å². The van der Waals surface area contributed by atoms with Gasteiger partial charge in [-0.1, -0.05) is 23.4 Å². The molecule has 2 aromatic heterocycles. The maximum Gasteiger partial charge on any atom is 0.327 e. The highest BCUT2D eigenvalue weighted by Crippen LogP contribution is 2.26. The zero-order valence-electron chi connectivity index (χ0n) is 11.7. The van der Waals surface area contributed by atoms with Gasteiger partial charge in [0.1, 0.15) is 10.5 Å². The number of amides is 1. The zero-order valence-corrected chi connectivity index (χ0v) is 14.1. The Bertz CT molecular complexity index is 1050. The molecule has 3 aromatic rings. The van der Waals surface area contributed by atoms with E-state index in [-0.39, 0.29) is 27.0 Å². The summed E-state index contributed by atoms with van der Waals surface area (Å²) in [6, 6.07) is 3.86. The van der Waals surface area contributed by atoms with E-state index in [0.717, 1.165) is 29.2 Å². The number of aromatic amines is 2. The van der Waals surface area contributed by atoms with Crippen molar-refractivity contribution in [3.8, 4) is 0 Å². The molecule has 124 valence electrons. The van der Waals surface area contributed by atoms with Gasteiger partial charge in [0.2, 0.25) is 5.91 Å². The fourth-order valence-corrected chi connectivity index (χ4v) is 3.77. The molecule has 0 radical (unpaired) electrons. The van der Waals surface area contributed by atoms with Crippen LogP contribution in [0, 0.1) is 5.82 Å². The summed E-state index contributed by atoms with van der Waals surface area (Å²) in [4.78, 5) is 43.3. The molecule has 7 nitrogen and oxygen atoms in total. The first kappa shape index (κ1) is 16.7. The third-order valence-corrected chi connectivity index (χ3v) is 5.29. The van der Waals surface area contributed by atoms with E-state index in [1.54, 1.807) is 0 Å². The number of hydrogen-bond acceptors (Lipinski definition) is 6. The number of halogens is 2. The second-order valence-electron chi connectivity index (χ2n) is 4.53. The van der Waals surface area contributed by atoms with E-state index in [0.29, 0.717) is 10.0 Å². The number of carbonyl (C=O) groups excluding carboxylic acids is 1. The number of nitrogens with one attached hydrogen (secondary N) is 3. The molecule has 2 heterocycles. The zero-order chi connectivity index (χ0) is 17.3. The van der Waals surface area contributed by atoms with Crippen molar-refractivity contribution in [2.45, 2.75) is 4.34 Å². The molecule has 0 aliphatic heterocycles. The van der Waals surface area contributed by atoms with Crippen LogP contribution in [0.25, 0.3) is 10.3 Å². The molecule has 0 atom stereocenters. The summed E-state index contributed by atoms with van der Waals surface area (Å²) in [5, 5.41) is 2.49. The van der Waals surface area contributed by atoms with Crippen LogP contribution < -0.4 is 16.6 Å². The van der Waals surface area contributed by atoms with Crippen LogP contribution in [0.5, 0.6) is 0 Å². The van der Waals surface area contributed by atoms with Crippen molar-refractivity contribution in [2.75, 3.05) is 11.1 Å². The Kier molecular flexibility index (Phi) is 4.69. The third kappa shape index (κ3) is 3.66. The van der Waals surface area contributed by atoms with Crippen molar-refractivity contribution >= 4 is 56.6 Å². The van der Waals surface area contributed by atoms with Gasteiger partial charge in [0.15, 0.2) is 9.99 Å². The lowest BCUT2D eigenvalue weighted by molar-refractivity contribution is -0.113. The summed E-state index contributed by atoms with van der Waals surface area (Å²) in [6.07, 6.45) is 0. The van der Waals surface area contributed by atoms with Crippen molar-refractivity contribution in [3.63, 3.8) is 0 Å². The van der Waals surface area contributed by atoms with Crippen LogP contribution in [0.1, 0.15) is 0 Å². The molecule has 0 bridgehead atoms. The van der Waals surface area contributed by atoms with Gasteiger partial charge in [-0.25, -0.2) is 14.2 Å². The van der Waals surface area contributed by atoms with Crippen molar-refractivity contribution in [2.24, 2.45) is 0 Å². The Morgan fingerprint density at radius 3 is 2.92 bits per heavy atom. The Morgan fingerprint density at radius 1 is 1.38 bits per heavy atom. The molecule has 3 rings (SSSR count). The first-order valence-electron chi connectivity index (χ1n) is 6.43. The first-order chi connectivity index (χ1) is 11.4. The van der Waals surface area contributed by atoms with Gasteiger partial charge < -0.3 is 5.32 Å². The average molecular weight is 387 g/mol. The second-order valence-corrected chi connectivity index (χ2v) is 7.16. The Hall–Kier alpha value is -2.17. The number of benzene rings is 1. The van der Waals surface area contributed by atoms with Crippen LogP contribution >= 0.6 is 34.7 Å². The number of thiazole rings is 1. The van der Waals surface area contributed by atoms with E-state index in [9.17, 15) is 18.8 Å². The van der Waals surface area contributed by atoms with Crippen LogP contribution in [-0.2, 0) is 4.79 Å². The van der Waals surface area contributed by atoms with Crippen LogP contribution in [0.4, 0.5) is 10.1 Å². The number of rotatable bonds is 4. The van der Waals surface area contributed by atoms with Gasteiger partial charge in [0, 0.05) is 5.69 Å². The number of thioether (sulfide) groups is 1. The molecule has 0 spiro atoms. The van der Waals surface area contributed by atoms with Gasteiger partial charge in [-0.15, -0.1) is 11.3 Å². The lowest BCUT2D eigenvalue weighted by Crippen LogP contribution is -2.20. The van der Waals surface area contributed by atoms with Crippen LogP contribution in [-0.4, -0.2) is 26.6 Å². The molecular weight excluding hydrogens is 379 g/mol. The minimum atomic E-state index is -0.639. The number of fused-ring (bicyclic) bond motifs is 1. The maximum atomic E-state index is 13.1. The molecule has 0 unspecified atom stereocenters. The summed E-state index contributed by atoms with van der Waals surface area (Å²) >= 11 is 7.82. The molecule has 0 aliphatic carbocycles. The van der Waals surface area contributed by atoms with Gasteiger partial charge in [0.05, 0.1) is 10.8 Å². The number of carbonyl (C=O) groups is 1. The smallest absolute Gasteiger partial charge is 0.325 e. The van der Waals surface area contributed by atoms with E-state index >= 15 is 0 Å². The van der Waals surface area contributed by atoms with Crippen molar-refractivity contribution in [1.29, 1.82) is 0 Å². The molecule has 0 saturated carbocycles. The van der Waals surface area contributed by atoms with Gasteiger partial charge in [0.25, 0.3) is 5.56 Å². The minimum absolute atomic E-state index is 0.0248. The number of H-pyrrole nitrogens is 2. The summed E-state index contributed by atoms with van der Waals surface area (Å²) in [7, 11) is 0. The van der Waals surface area contributed by atoms with Crippen molar-refractivity contribution in [1.82, 2.24) is 15.0 Å². The molecule has 1 amide bonds. The molecule has 11 heteroatoms. The maximum absolute atomic E-state index is 13.1. The van der Waals surface area contributed by atoms with Crippen molar-refractivity contribution in [3.05, 3.63) is 49.9 Å². The lowest BCUT2D eigenvalue weighted by atomic mass is 10.3. The SMILES string of the molecule is O=C(CSc1nc2[nH]c(=O)[nH]c(=O)c2s1)Nc1ccc(F)c(Cl)c1. The quantitative estimate of drug-likeness (QED) is 0.596. The fraction of sp³-hybridized carbons (Fsp3) is 0.0769. The minimum Gasteiger partial charge on any atom is -0.325 e. The molecule has 24 heavy (non-hydrogen) atoms. The van der Waals surface area contributed by atoms with Gasteiger partial charge >= 0.3 is 5.69 Å². The number of anilines is 1. The van der Waals surface area contributed by atoms with Gasteiger partial charge in [-0.2, -0.15) is 0 Å². The largest absolute Gasteiger partial charge is 0.327 e. The Morgan fingerprint density at radius 2 is 2.17 bits per heavy atom. The lowest BCUT2D eigenvalue weighted by Gasteiger charge is -2.04. The van der Waals surface area contributed by atoms with E-state index < -0.39 is 17.1 Å². The van der Waals surface area contributed by atoms with Crippen molar-refractivity contribution < 1.29 is 9.18 Å². The number of hydrogen-bond donors (Lipinski definition) is 3. The highest BCUT2D eigenvalue weighted by atomic mass is 35.5. The van der Waals surface area contributed by atoms with E-state index in [2.05, 4.69) is 20.3 Å². The fourth-order valence-electron chi connectivity index (χ4n) is 1.80. The van der Waals surface area contributed by atoms with Crippen LogP contribution in [0.3, 0.4) is 0 Å². The highest BCUT2D eigenvalue weighted by molar-refractivity contribution is 8.01. The summed E-state index contributed by atoms with van der Waals surface area (Å²) in [5.74, 6) is -0.890. The number of nitrogens with zero attached hydrogens (tertiary/aromatic N) is 1. The summed E-state index contributed by atoms with van der Waals surface area (Å²) < 4.78 is 13.8. The normalized spacial score (nSPS) is 10.9. The van der Waals surface area contributed by atoms with Crippen LogP contribution in [0.2, 0.25) is 5.02 Å². The molecule has 0 saturated heterocycles. The molecular formula is C13H8ClFN4O3S2. The van der Waals surface area contributed by atoms with Crippen LogP contribution in [0.15, 0.2) is 32.1 Å². The topological polar surface area (TPSA) is 108 Å². The Balaban J connectivity index is 1.68. The monoisotopic (exact) mass is 386 g/mol. The molecule has 3 N–H and O–H groups in total. The molecule has 0 fully saturated rings. The molecule has 1 aromatic carbocycles.